The summed E-state index contributed by atoms with van der Waals surface area (Å²) in [4.78, 5) is 23.2. The van der Waals surface area contributed by atoms with Crippen LogP contribution in [-0.4, -0.2) is 25.4 Å². The van der Waals surface area contributed by atoms with Crippen LogP contribution in [-0.2, 0) is 10.0 Å². The molecule has 0 aliphatic heterocycles. The van der Waals surface area contributed by atoms with Gasteiger partial charge in [-0.2, -0.15) is 0 Å². The van der Waals surface area contributed by atoms with Crippen LogP contribution in [0.4, 0.5) is 11.4 Å². The summed E-state index contributed by atoms with van der Waals surface area (Å²) in [5.41, 5.74) is 0.844. The first-order chi connectivity index (χ1) is 14.1. The number of nitrogens with one attached hydrogen (secondary N) is 2. The summed E-state index contributed by atoms with van der Waals surface area (Å²) in [5, 5.41) is 11.9. The second-order valence-corrected chi connectivity index (χ2v) is 8.68. The van der Waals surface area contributed by atoms with Gasteiger partial charge >= 0.3 is 5.97 Å². The van der Waals surface area contributed by atoms with E-state index in [0.29, 0.717) is 5.69 Å². The van der Waals surface area contributed by atoms with Crippen molar-refractivity contribution in [2.75, 3.05) is 10.0 Å². The summed E-state index contributed by atoms with van der Waals surface area (Å²) in [6.45, 7) is 0. The van der Waals surface area contributed by atoms with Gasteiger partial charge in [-0.3, -0.25) is 9.52 Å². The van der Waals surface area contributed by atoms with Crippen molar-refractivity contribution < 1.29 is 23.1 Å². The van der Waals surface area contributed by atoms with E-state index in [1.807, 2.05) is 0 Å². The average molecular weight is 465 g/mol. The molecule has 0 saturated heterocycles. The highest BCUT2D eigenvalue weighted by molar-refractivity contribution is 7.92. The van der Waals surface area contributed by atoms with Crippen molar-refractivity contribution in [1.82, 2.24) is 0 Å². The molecule has 0 aliphatic rings. The van der Waals surface area contributed by atoms with Crippen LogP contribution in [0.2, 0.25) is 10.0 Å². The molecular formula is C20H14Cl2N2O5S. The largest absolute Gasteiger partial charge is 0.478 e. The Balaban J connectivity index is 1.78. The van der Waals surface area contributed by atoms with E-state index >= 15 is 0 Å². The molecule has 3 rings (SSSR count). The Bertz CT molecular complexity index is 1210. The fourth-order valence-electron chi connectivity index (χ4n) is 2.52. The normalized spacial score (nSPS) is 11.0. The third-order valence-corrected chi connectivity index (χ3v) is 5.71. The minimum Gasteiger partial charge on any atom is -0.478 e. The number of anilines is 2. The minimum absolute atomic E-state index is 0.0884. The van der Waals surface area contributed by atoms with Crippen LogP contribution >= 0.6 is 23.2 Å². The molecule has 1 amide bonds. The van der Waals surface area contributed by atoms with Gasteiger partial charge < -0.3 is 10.4 Å². The Labute approximate surface area is 182 Å². The van der Waals surface area contributed by atoms with Gasteiger partial charge in [0.2, 0.25) is 0 Å². The predicted octanol–water partition coefficient (Wildman–Crippen LogP) is 4.74. The number of halogens is 2. The number of carbonyl (C=O) groups is 2. The lowest BCUT2D eigenvalue weighted by Gasteiger charge is -2.11. The standard InChI is InChI=1S/C20H14Cl2N2O5S/c21-14-9-15(22)11-18(10-14)30(28,29)24-17-3-1-2-13(8-17)19(25)23-16-6-4-12(5-7-16)20(26)27/h1-11,24H,(H,23,25)(H,26,27). The molecule has 0 radical (unpaired) electrons. The van der Waals surface area contributed by atoms with E-state index in [9.17, 15) is 18.0 Å². The maximum absolute atomic E-state index is 12.6. The monoisotopic (exact) mass is 464 g/mol. The van der Waals surface area contributed by atoms with Gasteiger partial charge in [-0.15, -0.1) is 0 Å². The molecule has 0 aromatic heterocycles. The van der Waals surface area contributed by atoms with Gasteiger partial charge in [0.1, 0.15) is 0 Å². The highest BCUT2D eigenvalue weighted by Gasteiger charge is 2.17. The van der Waals surface area contributed by atoms with Crippen molar-refractivity contribution in [1.29, 1.82) is 0 Å². The first kappa shape index (κ1) is 21.6. The highest BCUT2D eigenvalue weighted by atomic mass is 35.5. The molecule has 0 atom stereocenters. The van der Waals surface area contributed by atoms with Gasteiger partial charge in [-0.25, -0.2) is 13.2 Å². The lowest BCUT2D eigenvalue weighted by atomic mass is 10.1. The molecule has 0 spiro atoms. The van der Waals surface area contributed by atoms with Crippen LogP contribution in [0.15, 0.2) is 71.6 Å². The molecule has 154 valence electrons. The Kier molecular flexibility index (Phi) is 6.31. The Morgan fingerprint density at radius 1 is 0.800 bits per heavy atom. The van der Waals surface area contributed by atoms with Gasteiger partial charge in [0.25, 0.3) is 15.9 Å². The maximum atomic E-state index is 12.6. The average Bonchev–Trinajstić information content (AvgIpc) is 2.67. The van der Waals surface area contributed by atoms with Gasteiger partial charge in [0.05, 0.1) is 10.5 Å². The van der Waals surface area contributed by atoms with E-state index in [1.165, 1.54) is 66.7 Å². The number of hydrogen-bond donors (Lipinski definition) is 3. The second-order valence-electron chi connectivity index (χ2n) is 6.13. The summed E-state index contributed by atoms with van der Waals surface area (Å²) in [5.74, 6) is -1.57. The summed E-state index contributed by atoms with van der Waals surface area (Å²) in [7, 11) is -3.98. The van der Waals surface area contributed by atoms with E-state index in [2.05, 4.69) is 10.0 Å². The molecule has 3 N–H and O–H groups in total. The van der Waals surface area contributed by atoms with Crippen molar-refractivity contribution in [3.63, 3.8) is 0 Å². The minimum atomic E-state index is -3.98. The van der Waals surface area contributed by atoms with Crippen LogP contribution in [0, 0.1) is 0 Å². The van der Waals surface area contributed by atoms with E-state index in [1.54, 1.807) is 0 Å². The first-order valence-corrected chi connectivity index (χ1v) is 10.6. The number of rotatable bonds is 6. The Morgan fingerprint density at radius 3 is 2.03 bits per heavy atom. The summed E-state index contributed by atoms with van der Waals surface area (Å²) in [6, 6.07) is 15.4. The van der Waals surface area contributed by atoms with E-state index in [-0.39, 0.29) is 31.8 Å². The molecule has 0 heterocycles. The van der Waals surface area contributed by atoms with Crippen molar-refractivity contribution in [3.05, 3.63) is 87.9 Å². The number of amides is 1. The quantitative estimate of drug-likeness (QED) is 0.487. The number of carbonyl (C=O) groups excluding carboxylic acids is 1. The molecule has 3 aromatic carbocycles. The van der Waals surface area contributed by atoms with E-state index in [4.69, 9.17) is 28.3 Å². The molecule has 10 heteroatoms. The summed E-state index contributed by atoms with van der Waals surface area (Å²) >= 11 is 11.7. The first-order valence-electron chi connectivity index (χ1n) is 8.38. The van der Waals surface area contributed by atoms with Gasteiger partial charge in [0.15, 0.2) is 0 Å². The molecule has 0 unspecified atom stereocenters. The number of sulfonamides is 1. The molecule has 0 aliphatic carbocycles. The lowest BCUT2D eigenvalue weighted by Crippen LogP contribution is -2.15. The number of carboxylic acids is 1. The summed E-state index contributed by atoms with van der Waals surface area (Å²) in [6.07, 6.45) is 0. The molecule has 0 fully saturated rings. The summed E-state index contributed by atoms with van der Waals surface area (Å²) < 4.78 is 27.6. The van der Waals surface area contributed by atoms with E-state index < -0.39 is 21.9 Å². The van der Waals surface area contributed by atoms with Gasteiger partial charge in [-0.1, -0.05) is 29.3 Å². The van der Waals surface area contributed by atoms with Crippen LogP contribution in [0.25, 0.3) is 0 Å². The zero-order valence-electron chi connectivity index (χ0n) is 15.1. The van der Waals surface area contributed by atoms with E-state index in [0.717, 1.165) is 0 Å². The number of benzene rings is 3. The fraction of sp³-hybridized carbons (Fsp3) is 0. The predicted molar refractivity (Wildman–Crippen MR) is 115 cm³/mol. The second kappa shape index (κ2) is 8.74. The third-order valence-electron chi connectivity index (χ3n) is 3.91. The lowest BCUT2D eigenvalue weighted by molar-refractivity contribution is 0.0696. The molecular weight excluding hydrogens is 451 g/mol. The molecule has 0 bridgehead atoms. The van der Waals surface area contributed by atoms with Crippen LogP contribution in [0.5, 0.6) is 0 Å². The van der Waals surface area contributed by atoms with Crippen LogP contribution in [0.1, 0.15) is 20.7 Å². The molecule has 30 heavy (non-hydrogen) atoms. The molecule has 0 saturated carbocycles. The van der Waals surface area contributed by atoms with Crippen LogP contribution in [0.3, 0.4) is 0 Å². The van der Waals surface area contributed by atoms with Crippen molar-refractivity contribution in [3.8, 4) is 0 Å². The zero-order valence-corrected chi connectivity index (χ0v) is 17.4. The fourth-order valence-corrected chi connectivity index (χ4v) is 4.30. The van der Waals surface area contributed by atoms with Crippen molar-refractivity contribution in [2.45, 2.75) is 4.90 Å². The molecule has 3 aromatic rings. The maximum Gasteiger partial charge on any atom is 0.335 e. The number of aromatic carboxylic acids is 1. The van der Waals surface area contributed by atoms with Gasteiger partial charge in [0, 0.05) is 27.0 Å². The van der Waals surface area contributed by atoms with Crippen molar-refractivity contribution in [2.24, 2.45) is 0 Å². The smallest absolute Gasteiger partial charge is 0.335 e. The SMILES string of the molecule is O=C(O)c1ccc(NC(=O)c2cccc(NS(=O)(=O)c3cc(Cl)cc(Cl)c3)c2)cc1. The number of hydrogen-bond acceptors (Lipinski definition) is 4. The molecule has 7 nitrogen and oxygen atoms in total. The van der Waals surface area contributed by atoms with Gasteiger partial charge in [-0.05, 0) is 60.7 Å². The topological polar surface area (TPSA) is 113 Å². The van der Waals surface area contributed by atoms with Crippen LogP contribution < -0.4 is 10.0 Å². The third kappa shape index (κ3) is 5.29. The Hall–Kier alpha value is -3.07. The van der Waals surface area contributed by atoms with Crippen molar-refractivity contribution >= 4 is 56.5 Å². The number of carboxylic acid groups (broad SMARTS) is 1. The highest BCUT2D eigenvalue weighted by Crippen LogP contribution is 2.24. The Morgan fingerprint density at radius 2 is 1.43 bits per heavy atom. The zero-order chi connectivity index (χ0) is 21.9.